The molecule has 0 aromatic heterocycles. The Hall–Kier alpha value is -1.45. The minimum absolute atomic E-state index is 0.0766. The quantitative estimate of drug-likeness (QED) is 0.432. The summed E-state index contributed by atoms with van der Waals surface area (Å²) in [5, 5.41) is 0. The second-order valence-electron chi connectivity index (χ2n) is 5.91. The smallest absolute Gasteiger partial charge is 0.305 e. The molecule has 2 atom stereocenters. The molecule has 0 heterocycles. The Bertz CT molecular complexity index is 411. The normalized spacial score (nSPS) is 20.4. The molecule has 0 aliphatic heterocycles. The number of Topliss-reactive ketones (excluding diaryl/α,β-unsaturated/α-hetero) is 1. The number of ether oxygens (including phenoxy) is 1. The predicted octanol–water partition coefficient (Wildman–Crippen LogP) is 3.63. The van der Waals surface area contributed by atoms with Crippen molar-refractivity contribution in [1.82, 2.24) is 0 Å². The summed E-state index contributed by atoms with van der Waals surface area (Å²) in [5.41, 5.74) is 0. The summed E-state index contributed by atoms with van der Waals surface area (Å²) in [7, 11) is 0. The van der Waals surface area contributed by atoms with E-state index in [2.05, 4.69) is 6.92 Å². The molecular weight excluding hydrogens is 280 g/mol. The largest absolute Gasteiger partial charge is 0.466 e. The van der Waals surface area contributed by atoms with Gasteiger partial charge in [-0.1, -0.05) is 25.8 Å². The van der Waals surface area contributed by atoms with E-state index in [1.165, 1.54) is 0 Å². The van der Waals surface area contributed by atoms with Crippen molar-refractivity contribution < 1.29 is 19.1 Å². The van der Waals surface area contributed by atoms with Gasteiger partial charge in [-0.25, -0.2) is 0 Å². The molecule has 4 heteroatoms. The molecule has 0 saturated carbocycles. The second kappa shape index (κ2) is 10.3. The van der Waals surface area contributed by atoms with Crippen LogP contribution in [0.3, 0.4) is 0 Å². The molecule has 22 heavy (non-hydrogen) atoms. The van der Waals surface area contributed by atoms with Gasteiger partial charge in [-0.3, -0.25) is 14.4 Å². The third-order valence-electron chi connectivity index (χ3n) is 4.17. The Morgan fingerprint density at radius 2 is 1.86 bits per heavy atom. The van der Waals surface area contributed by atoms with E-state index in [1.54, 1.807) is 13.0 Å². The molecule has 0 amide bonds. The fourth-order valence-electron chi connectivity index (χ4n) is 2.87. The summed E-state index contributed by atoms with van der Waals surface area (Å²) >= 11 is 0. The fraction of sp³-hybridized carbons (Fsp3) is 0.722. The van der Waals surface area contributed by atoms with Crippen molar-refractivity contribution in [2.24, 2.45) is 11.8 Å². The average Bonchev–Trinajstić information content (AvgIpc) is 2.84. The van der Waals surface area contributed by atoms with E-state index in [0.717, 1.165) is 19.3 Å². The summed E-state index contributed by atoms with van der Waals surface area (Å²) in [6.07, 6.45) is 9.33. The van der Waals surface area contributed by atoms with E-state index in [-0.39, 0.29) is 35.8 Å². The van der Waals surface area contributed by atoms with Gasteiger partial charge in [0, 0.05) is 25.2 Å². The summed E-state index contributed by atoms with van der Waals surface area (Å²) in [5.74, 6) is 0.0413. The van der Waals surface area contributed by atoms with Gasteiger partial charge in [-0.15, -0.1) is 0 Å². The van der Waals surface area contributed by atoms with Gasteiger partial charge >= 0.3 is 5.97 Å². The lowest BCUT2D eigenvalue weighted by atomic mass is 9.86. The molecule has 0 spiro atoms. The molecule has 0 saturated heterocycles. The lowest BCUT2D eigenvalue weighted by molar-refractivity contribution is -0.143. The Balaban J connectivity index is 2.34. The molecule has 0 radical (unpaired) electrons. The van der Waals surface area contributed by atoms with Gasteiger partial charge in [-0.05, 0) is 38.2 Å². The molecule has 124 valence electrons. The van der Waals surface area contributed by atoms with Gasteiger partial charge in [0.15, 0.2) is 5.78 Å². The molecule has 4 nitrogen and oxygen atoms in total. The molecular formula is C18H28O4. The predicted molar refractivity (Wildman–Crippen MR) is 85.4 cm³/mol. The first kappa shape index (κ1) is 18.6. The fourth-order valence-corrected chi connectivity index (χ4v) is 2.87. The lowest BCUT2D eigenvalue weighted by Gasteiger charge is -2.17. The van der Waals surface area contributed by atoms with Crippen LogP contribution in [-0.2, 0) is 19.1 Å². The van der Waals surface area contributed by atoms with Crippen LogP contribution in [0.25, 0.3) is 0 Å². The molecule has 0 aromatic carbocycles. The third-order valence-corrected chi connectivity index (χ3v) is 4.17. The number of ketones is 2. The van der Waals surface area contributed by atoms with Crippen LogP contribution in [-0.4, -0.2) is 24.1 Å². The van der Waals surface area contributed by atoms with E-state index >= 15 is 0 Å². The number of rotatable bonds is 11. The number of hydrogen-bond acceptors (Lipinski definition) is 4. The SMILES string of the molecule is CCCCCC(=O)CC[C@H]1C=CC(=O)[C@H]1CCC(=O)OCC. The van der Waals surface area contributed by atoms with Crippen LogP contribution in [0.5, 0.6) is 0 Å². The molecule has 0 N–H and O–H groups in total. The minimum Gasteiger partial charge on any atom is -0.466 e. The van der Waals surface area contributed by atoms with Crippen LogP contribution in [0, 0.1) is 11.8 Å². The molecule has 0 fully saturated rings. The first-order chi connectivity index (χ1) is 10.6. The van der Waals surface area contributed by atoms with Crippen molar-refractivity contribution in [3.05, 3.63) is 12.2 Å². The summed E-state index contributed by atoms with van der Waals surface area (Å²) in [4.78, 5) is 35.1. The number of carbonyl (C=O) groups is 3. The standard InChI is InChI=1S/C18H28O4/c1-3-5-6-7-15(19)10-8-14-9-12-17(20)16(14)11-13-18(21)22-4-2/h9,12,14,16H,3-8,10-11,13H2,1-2H3/t14-,16-/m0/s1. The molecule has 0 aromatic rings. The Morgan fingerprint density at radius 1 is 1.09 bits per heavy atom. The number of unbranched alkanes of at least 4 members (excludes halogenated alkanes) is 2. The van der Waals surface area contributed by atoms with E-state index in [1.807, 2.05) is 6.08 Å². The summed E-state index contributed by atoms with van der Waals surface area (Å²) in [6.45, 7) is 4.26. The van der Waals surface area contributed by atoms with Crippen LogP contribution < -0.4 is 0 Å². The Morgan fingerprint density at radius 3 is 2.55 bits per heavy atom. The maximum atomic E-state index is 11.9. The molecule has 1 aliphatic carbocycles. The van der Waals surface area contributed by atoms with Gasteiger partial charge in [0.2, 0.25) is 0 Å². The van der Waals surface area contributed by atoms with Crippen LogP contribution in [0.15, 0.2) is 12.2 Å². The van der Waals surface area contributed by atoms with Crippen LogP contribution in [0.4, 0.5) is 0 Å². The Labute approximate surface area is 133 Å². The zero-order valence-corrected chi connectivity index (χ0v) is 13.8. The van der Waals surface area contributed by atoms with Crippen molar-refractivity contribution >= 4 is 17.5 Å². The van der Waals surface area contributed by atoms with Crippen molar-refractivity contribution in [1.29, 1.82) is 0 Å². The molecule has 1 rings (SSSR count). The van der Waals surface area contributed by atoms with Gasteiger partial charge in [-0.2, -0.15) is 0 Å². The van der Waals surface area contributed by atoms with E-state index in [4.69, 9.17) is 4.74 Å². The minimum atomic E-state index is -0.253. The van der Waals surface area contributed by atoms with Gasteiger partial charge in [0.25, 0.3) is 0 Å². The molecule has 1 aliphatic rings. The van der Waals surface area contributed by atoms with Crippen LogP contribution in [0.2, 0.25) is 0 Å². The third kappa shape index (κ3) is 6.54. The first-order valence-corrected chi connectivity index (χ1v) is 8.47. The van der Waals surface area contributed by atoms with Crippen molar-refractivity contribution in [2.75, 3.05) is 6.61 Å². The van der Waals surface area contributed by atoms with Crippen molar-refractivity contribution in [2.45, 2.75) is 65.2 Å². The first-order valence-electron chi connectivity index (χ1n) is 8.47. The van der Waals surface area contributed by atoms with Gasteiger partial charge in [0.05, 0.1) is 6.61 Å². The zero-order valence-electron chi connectivity index (χ0n) is 13.8. The average molecular weight is 308 g/mol. The van der Waals surface area contributed by atoms with Gasteiger partial charge in [0.1, 0.15) is 5.78 Å². The zero-order chi connectivity index (χ0) is 16.4. The second-order valence-corrected chi connectivity index (χ2v) is 5.91. The molecule has 0 bridgehead atoms. The maximum Gasteiger partial charge on any atom is 0.305 e. The highest BCUT2D eigenvalue weighted by Crippen LogP contribution is 2.30. The number of hydrogen-bond donors (Lipinski definition) is 0. The highest BCUT2D eigenvalue weighted by molar-refractivity contribution is 5.94. The van der Waals surface area contributed by atoms with Crippen LogP contribution in [0.1, 0.15) is 65.2 Å². The van der Waals surface area contributed by atoms with E-state index in [0.29, 0.717) is 32.3 Å². The van der Waals surface area contributed by atoms with Crippen molar-refractivity contribution in [3.8, 4) is 0 Å². The summed E-state index contributed by atoms with van der Waals surface area (Å²) in [6, 6.07) is 0. The van der Waals surface area contributed by atoms with E-state index in [9.17, 15) is 14.4 Å². The maximum absolute atomic E-state index is 11.9. The van der Waals surface area contributed by atoms with Crippen LogP contribution >= 0.6 is 0 Å². The number of carbonyl (C=O) groups excluding carboxylic acids is 3. The molecule has 0 unspecified atom stereocenters. The van der Waals surface area contributed by atoms with Crippen molar-refractivity contribution in [3.63, 3.8) is 0 Å². The Kier molecular flexibility index (Phi) is 8.71. The summed E-state index contributed by atoms with van der Waals surface area (Å²) < 4.78 is 4.90. The highest BCUT2D eigenvalue weighted by atomic mass is 16.5. The lowest BCUT2D eigenvalue weighted by Crippen LogP contribution is -2.19. The highest BCUT2D eigenvalue weighted by Gasteiger charge is 2.30. The topological polar surface area (TPSA) is 60.4 Å². The number of allylic oxidation sites excluding steroid dienone is 2. The van der Waals surface area contributed by atoms with E-state index < -0.39 is 0 Å². The number of esters is 1. The van der Waals surface area contributed by atoms with Gasteiger partial charge < -0.3 is 4.74 Å². The monoisotopic (exact) mass is 308 g/mol.